The third-order valence-corrected chi connectivity index (χ3v) is 1.98. The molecule has 0 saturated carbocycles. The fraction of sp³-hybridized carbons (Fsp3) is 0.111. The molecule has 0 aliphatic carbocycles. The molecule has 2 aromatic rings. The molecule has 0 amide bonds. The zero-order valence-corrected chi connectivity index (χ0v) is 7.53. The Morgan fingerprint density at radius 3 is 2.93 bits per heavy atom. The summed E-state index contributed by atoms with van der Waals surface area (Å²) in [6.45, 7) is 1.82. The van der Waals surface area contributed by atoms with E-state index in [-0.39, 0.29) is 5.69 Å². The van der Waals surface area contributed by atoms with Crippen LogP contribution in [0.5, 0.6) is 0 Å². The highest BCUT2D eigenvalue weighted by atomic mass is 16.4. The van der Waals surface area contributed by atoms with Crippen LogP contribution in [0.1, 0.15) is 16.2 Å². The van der Waals surface area contributed by atoms with Gasteiger partial charge in [-0.3, -0.25) is 5.10 Å². The maximum absolute atomic E-state index is 10.9. The van der Waals surface area contributed by atoms with Gasteiger partial charge in [0.2, 0.25) is 0 Å². The van der Waals surface area contributed by atoms with Gasteiger partial charge in [-0.05, 0) is 13.0 Å². The summed E-state index contributed by atoms with van der Waals surface area (Å²) in [5, 5.41) is 15.3. The number of carboxylic acid groups (broad SMARTS) is 1. The molecule has 0 spiro atoms. The van der Waals surface area contributed by atoms with Crippen LogP contribution >= 0.6 is 0 Å². The fourth-order valence-corrected chi connectivity index (χ4v) is 1.38. The molecule has 2 aromatic heterocycles. The summed E-state index contributed by atoms with van der Waals surface area (Å²) >= 11 is 0. The molecule has 2 heterocycles. The molecule has 0 radical (unpaired) electrons. The Kier molecular flexibility index (Phi) is 1.85. The van der Waals surface area contributed by atoms with Gasteiger partial charge in [0.15, 0.2) is 0 Å². The van der Waals surface area contributed by atoms with Crippen molar-refractivity contribution in [3.63, 3.8) is 0 Å². The van der Waals surface area contributed by atoms with Crippen molar-refractivity contribution < 1.29 is 9.90 Å². The van der Waals surface area contributed by atoms with Crippen molar-refractivity contribution in [2.45, 2.75) is 6.92 Å². The Morgan fingerprint density at radius 1 is 1.57 bits per heavy atom. The topological polar surface area (TPSA) is 81.8 Å². The van der Waals surface area contributed by atoms with E-state index in [2.05, 4.69) is 15.2 Å². The Labute approximate surface area is 79.8 Å². The maximum Gasteiger partial charge on any atom is 0.352 e. The van der Waals surface area contributed by atoms with E-state index in [1.807, 2.05) is 6.92 Å². The highest BCUT2D eigenvalue weighted by Gasteiger charge is 2.14. The molecule has 0 unspecified atom stereocenters. The van der Waals surface area contributed by atoms with Crippen LogP contribution in [0.15, 0.2) is 18.5 Å². The molecule has 0 aliphatic heterocycles. The predicted octanol–water partition coefficient (Wildman–Crippen LogP) is 1.41. The number of nitrogens with one attached hydrogen (secondary N) is 2. The maximum atomic E-state index is 10.9. The first-order valence-electron chi connectivity index (χ1n) is 4.10. The van der Waals surface area contributed by atoms with E-state index in [0.717, 1.165) is 11.3 Å². The van der Waals surface area contributed by atoms with Crippen LogP contribution < -0.4 is 0 Å². The fourth-order valence-electron chi connectivity index (χ4n) is 1.38. The lowest BCUT2D eigenvalue weighted by Crippen LogP contribution is -1.98. The monoisotopic (exact) mass is 191 g/mol. The molecule has 5 heteroatoms. The second kappa shape index (κ2) is 3.02. The van der Waals surface area contributed by atoms with Gasteiger partial charge in [-0.1, -0.05) is 0 Å². The first-order valence-corrected chi connectivity index (χ1v) is 4.10. The Morgan fingerprint density at radius 2 is 2.36 bits per heavy atom. The first-order chi connectivity index (χ1) is 6.68. The molecule has 0 atom stereocenters. The lowest BCUT2D eigenvalue weighted by Gasteiger charge is -1.94. The zero-order valence-electron chi connectivity index (χ0n) is 7.53. The van der Waals surface area contributed by atoms with Gasteiger partial charge in [-0.2, -0.15) is 5.10 Å². The minimum atomic E-state index is -0.964. The molecular formula is C9H9N3O2. The predicted molar refractivity (Wildman–Crippen MR) is 50.1 cm³/mol. The van der Waals surface area contributed by atoms with Crippen LogP contribution in [0.4, 0.5) is 0 Å². The third-order valence-electron chi connectivity index (χ3n) is 1.98. The van der Waals surface area contributed by atoms with Crippen LogP contribution in [0.25, 0.3) is 11.1 Å². The molecule has 0 aromatic carbocycles. The van der Waals surface area contributed by atoms with Gasteiger partial charge in [-0.15, -0.1) is 0 Å². The molecule has 0 bridgehead atoms. The summed E-state index contributed by atoms with van der Waals surface area (Å²) < 4.78 is 0. The van der Waals surface area contributed by atoms with E-state index in [9.17, 15) is 4.79 Å². The van der Waals surface area contributed by atoms with Crippen molar-refractivity contribution in [2.24, 2.45) is 0 Å². The second-order valence-electron chi connectivity index (χ2n) is 3.03. The highest BCUT2D eigenvalue weighted by molar-refractivity contribution is 5.94. The molecule has 14 heavy (non-hydrogen) atoms. The highest BCUT2D eigenvalue weighted by Crippen LogP contribution is 2.23. The Hall–Kier alpha value is -2.04. The van der Waals surface area contributed by atoms with Gasteiger partial charge in [-0.25, -0.2) is 4.79 Å². The van der Waals surface area contributed by atoms with E-state index in [1.165, 1.54) is 0 Å². The summed E-state index contributed by atoms with van der Waals surface area (Å²) in [6.07, 6.45) is 3.25. The average Bonchev–Trinajstić information content (AvgIpc) is 2.70. The van der Waals surface area contributed by atoms with Crippen molar-refractivity contribution in [3.05, 3.63) is 29.8 Å². The number of H-pyrrole nitrogens is 2. The second-order valence-corrected chi connectivity index (χ2v) is 3.03. The SMILES string of the molecule is Cc1cc(-c2cn[nH]c2)c(C(=O)O)[nH]1. The van der Waals surface area contributed by atoms with E-state index in [0.29, 0.717) is 5.56 Å². The minimum absolute atomic E-state index is 0.198. The summed E-state index contributed by atoms with van der Waals surface area (Å²) in [5.74, 6) is -0.964. The molecule has 0 saturated heterocycles. The van der Waals surface area contributed by atoms with Gasteiger partial charge in [0.1, 0.15) is 5.69 Å². The van der Waals surface area contributed by atoms with Crippen molar-refractivity contribution in [1.29, 1.82) is 0 Å². The Balaban J connectivity index is 2.58. The van der Waals surface area contributed by atoms with Crippen LogP contribution in [-0.2, 0) is 0 Å². The number of rotatable bonds is 2. The van der Waals surface area contributed by atoms with Crippen LogP contribution in [0.3, 0.4) is 0 Å². The lowest BCUT2D eigenvalue weighted by molar-refractivity contribution is 0.0692. The lowest BCUT2D eigenvalue weighted by atomic mass is 10.1. The van der Waals surface area contributed by atoms with E-state index in [1.54, 1.807) is 18.5 Å². The molecule has 0 fully saturated rings. The smallest absolute Gasteiger partial charge is 0.352 e. The molecular weight excluding hydrogens is 182 g/mol. The number of aromatic amines is 2. The third kappa shape index (κ3) is 1.28. The van der Waals surface area contributed by atoms with Crippen LogP contribution in [0, 0.1) is 6.92 Å². The van der Waals surface area contributed by atoms with Gasteiger partial charge < -0.3 is 10.1 Å². The summed E-state index contributed by atoms with van der Waals surface area (Å²) in [5.41, 5.74) is 2.44. The van der Waals surface area contributed by atoms with E-state index < -0.39 is 5.97 Å². The minimum Gasteiger partial charge on any atom is -0.477 e. The number of aryl methyl sites for hydroxylation is 1. The van der Waals surface area contributed by atoms with E-state index in [4.69, 9.17) is 5.11 Å². The molecule has 5 nitrogen and oxygen atoms in total. The van der Waals surface area contributed by atoms with Crippen LogP contribution in [0.2, 0.25) is 0 Å². The quantitative estimate of drug-likeness (QED) is 0.671. The number of nitrogens with zero attached hydrogens (tertiary/aromatic N) is 1. The largest absolute Gasteiger partial charge is 0.477 e. The van der Waals surface area contributed by atoms with Crippen molar-refractivity contribution in [2.75, 3.05) is 0 Å². The number of hydrogen-bond acceptors (Lipinski definition) is 2. The molecule has 2 rings (SSSR count). The van der Waals surface area contributed by atoms with Crippen molar-refractivity contribution in [3.8, 4) is 11.1 Å². The number of carboxylic acids is 1. The summed E-state index contributed by atoms with van der Waals surface area (Å²) in [7, 11) is 0. The van der Waals surface area contributed by atoms with E-state index >= 15 is 0 Å². The van der Waals surface area contributed by atoms with Crippen molar-refractivity contribution in [1.82, 2.24) is 15.2 Å². The number of aromatic carboxylic acids is 1. The molecule has 72 valence electrons. The zero-order chi connectivity index (χ0) is 10.1. The standard InChI is InChI=1S/C9H9N3O2/c1-5-2-7(6-3-10-11-4-6)8(12-5)9(13)14/h2-4,12H,1H3,(H,10,11)(H,13,14). The summed E-state index contributed by atoms with van der Waals surface area (Å²) in [4.78, 5) is 13.7. The van der Waals surface area contributed by atoms with Gasteiger partial charge >= 0.3 is 5.97 Å². The van der Waals surface area contributed by atoms with Gasteiger partial charge in [0.05, 0.1) is 6.20 Å². The normalized spacial score (nSPS) is 10.4. The number of hydrogen-bond donors (Lipinski definition) is 3. The van der Waals surface area contributed by atoms with Crippen LogP contribution in [-0.4, -0.2) is 26.3 Å². The molecule has 0 aliphatic rings. The molecule has 3 N–H and O–H groups in total. The average molecular weight is 191 g/mol. The van der Waals surface area contributed by atoms with Crippen molar-refractivity contribution >= 4 is 5.97 Å². The summed E-state index contributed by atoms with van der Waals surface area (Å²) in [6, 6.07) is 1.79. The Bertz CT molecular complexity index is 456. The van der Waals surface area contributed by atoms with Gasteiger partial charge in [0.25, 0.3) is 0 Å². The number of aromatic nitrogens is 3. The first kappa shape index (κ1) is 8.55. The van der Waals surface area contributed by atoms with Gasteiger partial charge in [0, 0.05) is 23.0 Å². The number of carbonyl (C=O) groups is 1.